The quantitative estimate of drug-likeness (QED) is 0.758. The number of nitrogens with two attached hydrogens (primary N) is 1. The Morgan fingerprint density at radius 2 is 1.71 bits per heavy atom. The second kappa shape index (κ2) is 4.24. The number of likely N-dealkylation sites (tertiary alicyclic amines) is 1. The SMILES string of the molecule is CC1(C)CCC(N)C(N2CC3CCCC3C2)C1. The molecule has 17 heavy (non-hydrogen) atoms. The van der Waals surface area contributed by atoms with Gasteiger partial charge in [0.05, 0.1) is 0 Å². The van der Waals surface area contributed by atoms with E-state index in [9.17, 15) is 0 Å². The molecule has 0 amide bonds. The van der Waals surface area contributed by atoms with Crippen LogP contribution in [0.3, 0.4) is 0 Å². The van der Waals surface area contributed by atoms with Crippen molar-refractivity contribution in [2.24, 2.45) is 23.0 Å². The van der Waals surface area contributed by atoms with Gasteiger partial charge >= 0.3 is 0 Å². The molecule has 1 heterocycles. The second-order valence-electron chi connectivity index (χ2n) is 7.54. The average Bonchev–Trinajstić information content (AvgIpc) is 2.81. The lowest BCUT2D eigenvalue weighted by atomic mass is 9.72. The maximum Gasteiger partial charge on any atom is 0.0252 e. The molecule has 2 N–H and O–H groups in total. The third kappa shape index (κ3) is 2.26. The molecule has 3 aliphatic rings. The molecule has 2 nitrogen and oxygen atoms in total. The van der Waals surface area contributed by atoms with Crippen LogP contribution in [-0.4, -0.2) is 30.1 Å². The molecule has 1 saturated heterocycles. The Balaban J connectivity index is 1.67. The van der Waals surface area contributed by atoms with Crippen molar-refractivity contribution in [2.75, 3.05) is 13.1 Å². The van der Waals surface area contributed by atoms with Gasteiger partial charge < -0.3 is 5.73 Å². The summed E-state index contributed by atoms with van der Waals surface area (Å²) in [5.74, 6) is 2.01. The van der Waals surface area contributed by atoms with Crippen molar-refractivity contribution in [2.45, 2.75) is 64.5 Å². The van der Waals surface area contributed by atoms with Gasteiger partial charge in [-0.2, -0.15) is 0 Å². The Morgan fingerprint density at radius 3 is 2.35 bits per heavy atom. The second-order valence-corrected chi connectivity index (χ2v) is 7.54. The van der Waals surface area contributed by atoms with Crippen molar-refractivity contribution >= 4 is 0 Å². The predicted molar refractivity (Wildman–Crippen MR) is 71.8 cm³/mol. The van der Waals surface area contributed by atoms with Crippen LogP contribution in [0.4, 0.5) is 0 Å². The maximum atomic E-state index is 6.39. The topological polar surface area (TPSA) is 29.3 Å². The predicted octanol–water partition coefficient (Wildman–Crippen LogP) is 2.62. The van der Waals surface area contributed by atoms with Crippen molar-refractivity contribution in [3.8, 4) is 0 Å². The summed E-state index contributed by atoms with van der Waals surface area (Å²) in [5.41, 5.74) is 6.90. The van der Waals surface area contributed by atoms with Crippen LogP contribution >= 0.6 is 0 Å². The highest BCUT2D eigenvalue weighted by Crippen LogP contribution is 2.43. The van der Waals surface area contributed by atoms with Crippen LogP contribution in [0.15, 0.2) is 0 Å². The fraction of sp³-hybridized carbons (Fsp3) is 1.00. The van der Waals surface area contributed by atoms with Gasteiger partial charge in [0.2, 0.25) is 0 Å². The Labute approximate surface area is 106 Å². The summed E-state index contributed by atoms with van der Waals surface area (Å²) in [4.78, 5) is 2.75. The molecule has 4 unspecified atom stereocenters. The van der Waals surface area contributed by atoms with E-state index in [1.165, 1.54) is 51.6 Å². The molecular weight excluding hydrogens is 208 g/mol. The zero-order valence-electron chi connectivity index (χ0n) is 11.5. The van der Waals surface area contributed by atoms with Gasteiger partial charge in [-0.25, -0.2) is 0 Å². The first-order valence-corrected chi connectivity index (χ1v) is 7.55. The lowest BCUT2D eigenvalue weighted by molar-refractivity contribution is 0.0893. The van der Waals surface area contributed by atoms with Crippen molar-refractivity contribution in [1.29, 1.82) is 0 Å². The summed E-state index contributed by atoms with van der Waals surface area (Å²) in [7, 11) is 0. The molecular formula is C15H28N2. The Kier molecular flexibility index (Phi) is 2.99. The minimum atomic E-state index is 0.432. The van der Waals surface area contributed by atoms with Gasteiger partial charge in [-0.15, -0.1) is 0 Å². The standard InChI is InChI=1S/C15H28N2/c1-15(2)7-6-13(16)14(8-15)17-9-11-4-3-5-12(11)10-17/h11-14H,3-10,16H2,1-2H3. The molecule has 2 aliphatic carbocycles. The van der Waals surface area contributed by atoms with Crippen molar-refractivity contribution in [3.63, 3.8) is 0 Å². The van der Waals surface area contributed by atoms with Gasteiger partial charge in [-0.3, -0.25) is 4.90 Å². The number of nitrogens with zero attached hydrogens (tertiary/aromatic N) is 1. The monoisotopic (exact) mass is 236 g/mol. The van der Waals surface area contributed by atoms with Crippen LogP contribution in [-0.2, 0) is 0 Å². The summed E-state index contributed by atoms with van der Waals surface area (Å²) in [6.07, 6.45) is 8.28. The van der Waals surface area contributed by atoms with Gasteiger partial charge in [-0.1, -0.05) is 20.3 Å². The van der Waals surface area contributed by atoms with Crippen LogP contribution < -0.4 is 5.73 Å². The summed E-state index contributed by atoms with van der Waals surface area (Å²) in [5, 5.41) is 0. The maximum absolute atomic E-state index is 6.39. The van der Waals surface area contributed by atoms with E-state index in [0.717, 1.165) is 11.8 Å². The molecule has 0 aromatic heterocycles. The van der Waals surface area contributed by atoms with Crippen LogP contribution in [0.25, 0.3) is 0 Å². The Hall–Kier alpha value is -0.0800. The van der Waals surface area contributed by atoms with Gasteiger partial charge in [0.1, 0.15) is 0 Å². The third-order valence-electron chi connectivity index (χ3n) is 5.63. The van der Waals surface area contributed by atoms with Crippen molar-refractivity contribution in [3.05, 3.63) is 0 Å². The lowest BCUT2D eigenvalue weighted by Gasteiger charge is -2.43. The van der Waals surface area contributed by atoms with Crippen molar-refractivity contribution < 1.29 is 0 Å². The minimum Gasteiger partial charge on any atom is -0.326 e. The molecule has 0 bridgehead atoms. The van der Waals surface area contributed by atoms with Crippen molar-refractivity contribution in [1.82, 2.24) is 4.90 Å². The molecule has 98 valence electrons. The fourth-order valence-corrected chi connectivity index (χ4v) is 4.51. The van der Waals surface area contributed by atoms with Gasteiger partial charge in [0.15, 0.2) is 0 Å². The molecule has 0 radical (unpaired) electrons. The van der Waals surface area contributed by atoms with E-state index in [-0.39, 0.29) is 0 Å². The van der Waals surface area contributed by atoms with E-state index in [1.54, 1.807) is 0 Å². The summed E-state index contributed by atoms with van der Waals surface area (Å²) in [6, 6.07) is 1.10. The fourth-order valence-electron chi connectivity index (χ4n) is 4.51. The minimum absolute atomic E-state index is 0.432. The van der Waals surface area contributed by atoms with Crippen LogP contribution in [0.1, 0.15) is 52.4 Å². The number of rotatable bonds is 1. The van der Waals surface area contributed by atoms with E-state index in [1.807, 2.05) is 0 Å². The highest BCUT2D eigenvalue weighted by atomic mass is 15.2. The van der Waals surface area contributed by atoms with Gasteiger partial charge in [0, 0.05) is 25.2 Å². The Bertz CT molecular complexity index is 275. The van der Waals surface area contributed by atoms with E-state index in [2.05, 4.69) is 18.7 Å². The van der Waals surface area contributed by atoms with Gasteiger partial charge in [-0.05, 0) is 49.4 Å². The molecule has 1 aliphatic heterocycles. The van der Waals surface area contributed by atoms with E-state index >= 15 is 0 Å². The molecule has 2 heteroatoms. The molecule has 0 spiro atoms. The largest absolute Gasteiger partial charge is 0.326 e. The first kappa shape index (κ1) is 12.0. The van der Waals surface area contributed by atoms with E-state index < -0.39 is 0 Å². The zero-order valence-corrected chi connectivity index (χ0v) is 11.5. The average molecular weight is 236 g/mol. The number of hydrogen-bond acceptors (Lipinski definition) is 2. The molecule has 0 aromatic rings. The number of hydrogen-bond donors (Lipinski definition) is 1. The smallest absolute Gasteiger partial charge is 0.0252 e. The summed E-state index contributed by atoms with van der Waals surface area (Å²) >= 11 is 0. The lowest BCUT2D eigenvalue weighted by Crippen LogP contribution is -2.52. The van der Waals surface area contributed by atoms with Crippen LogP contribution in [0, 0.1) is 17.3 Å². The molecule has 4 atom stereocenters. The van der Waals surface area contributed by atoms with Gasteiger partial charge in [0.25, 0.3) is 0 Å². The highest BCUT2D eigenvalue weighted by Gasteiger charge is 2.43. The first-order valence-electron chi connectivity index (χ1n) is 7.55. The number of fused-ring (bicyclic) bond motifs is 1. The summed E-state index contributed by atoms with van der Waals surface area (Å²) in [6.45, 7) is 7.53. The molecule has 2 saturated carbocycles. The zero-order chi connectivity index (χ0) is 12.0. The molecule has 0 aromatic carbocycles. The Morgan fingerprint density at radius 1 is 1.06 bits per heavy atom. The third-order valence-corrected chi connectivity index (χ3v) is 5.63. The normalized spacial score (nSPS) is 46.1. The van der Waals surface area contributed by atoms with E-state index in [0.29, 0.717) is 17.5 Å². The molecule has 3 rings (SSSR count). The first-order chi connectivity index (χ1) is 8.05. The van der Waals surface area contributed by atoms with Crippen LogP contribution in [0.5, 0.6) is 0 Å². The van der Waals surface area contributed by atoms with E-state index in [4.69, 9.17) is 5.73 Å². The molecule has 3 fully saturated rings. The van der Waals surface area contributed by atoms with Crippen LogP contribution in [0.2, 0.25) is 0 Å². The summed E-state index contributed by atoms with van der Waals surface area (Å²) < 4.78 is 0. The highest BCUT2D eigenvalue weighted by molar-refractivity contribution is 4.98.